The Labute approximate surface area is 191 Å². The molecule has 1 aromatic rings. The molecule has 3 atom stereocenters. The third-order valence-electron chi connectivity index (χ3n) is 6.92. The van der Waals surface area contributed by atoms with Crippen molar-refractivity contribution < 1.29 is 33.8 Å². The van der Waals surface area contributed by atoms with Gasteiger partial charge in [-0.1, -0.05) is 12.1 Å². The van der Waals surface area contributed by atoms with E-state index in [9.17, 15) is 24.3 Å². The van der Waals surface area contributed by atoms with E-state index >= 15 is 0 Å². The molecule has 3 aliphatic rings. The molecule has 0 heterocycles. The highest BCUT2D eigenvalue weighted by Gasteiger charge is 2.54. The first kappa shape index (κ1) is 22.9. The molecule has 3 N–H and O–H groups in total. The van der Waals surface area contributed by atoms with Gasteiger partial charge in [-0.15, -0.1) is 0 Å². The smallest absolute Gasteiger partial charge is 0.344 e. The monoisotopic (exact) mass is 453 g/mol. The zero-order chi connectivity index (χ0) is 24.1. The van der Waals surface area contributed by atoms with Crippen LogP contribution in [-0.2, 0) is 30.3 Å². The average Bonchev–Trinajstić information content (AvgIpc) is 2.75. The molecule has 33 heavy (non-hydrogen) atoms. The molecular weight excluding hydrogens is 426 g/mol. The molecule has 0 spiro atoms. The average molecular weight is 453 g/mol. The molecule has 174 valence electrons. The molecule has 8 nitrogen and oxygen atoms in total. The maximum atomic E-state index is 13.4. The third kappa shape index (κ3) is 3.68. The van der Waals surface area contributed by atoms with Gasteiger partial charge in [-0.2, -0.15) is 0 Å². The van der Waals surface area contributed by atoms with Crippen molar-refractivity contribution >= 4 is 23.4 Å². The minimum Gasteiger partial charge on any atom is -0.485 e. The molecule has 0 fully saturated rings. The van der Waals surface area contributed by atoms with Gasteiger partial charge in [0.1, 0.15) is 16.9 Å². The highest BCUT2D eigenvalue weighted by Crippen LogP contribution is 2.48. The van der Waals surface area contributed by atoms with Crippen LogP contribution in [0.1, 0.15) is 46.8 Å². The van der Waals surface area contributed by atoms with E-state index in [1.807, 2.05) is 26.0 Å². The van der Waals surface area contributed by atoms with Gasteiger partial charge in [0.25, 0.3) is 5.91 Å². The number of hydrogen-bond donors (Lipinski definition) is 2. The van der Waals surface area contributed by atoms with Crippen molar-refractivity contribution in [3.63, 3.8) is 0 Å². The van der Waals surface area contributed by atoms with Gasteiger partial charge in [0.15, 0.2) is 12.4 Å². The maximum Gasteiger partial charge on any atom is 0.344 e. The molecule has 3 aliphatic carbocycles. The number of allylic oxidation sites excluding steroid dienone is 2. The second kappa shape index (κ2) is 8.26. The van der Waals surface area contributed by atoms with Crippen LogP contribution in [0.3, 0.4) is 0 Å². The first-order chi connectivity index (χ1) is 15.6. The number of amides is 1. The fourth-order valence-electron chi connectivity index (χ4n) is 5.28. The number of nitrogens with two attached hydrogens (primary N) is 1. The Morgan fingerprint density at radius 2 is 1.88 bits per heavy atom. The number of carbonyl (C=O) groups is 4. The van der Waals surface area contributed by atoms with E-state index in [1.54, 1.807) is 6.92 Å². The van der Waals surface area contributed by atoms with Gasteiger partial charge >= 0.3 is 5.97 Å². The predicted octanol–water partition coefficient (Wildman–Crippen LogP) is 1.63. The van der Waals surface area contributed by atoms with E-state index in [0.717, 1.165) is 16.7 Å². The second-order valence-electron chi connectivity index (χ2n) is 8.93. The summed E-state index contributed by atoms with van der Waals surface area (Å²) in [6.45, 7) is 5.16. The summed E-state index contributed by atoms with van der Waals surface area (Å²) in [6.07, 6.45) is 2.33. The van der Waals surface area contributed by atoms with Crippen LogP contribution in [-0.4, -0.2) is 47.4 Å². The van der Waals surface area contributed by atoms with Gasteiger partial charge in [-0.05, 0) is 62.3 Å². The molecular formula is C25H27NO7. The van der Waals surface area contributed by atoms with Crippen LogP contribution in [0.2, 0.25) is 0 Å². The topological polar surface area (TPSA) is 133 Å². The predicted molar refractivity (Wildman–Crippen MR) is 117 cm³/mol. The number of benzene rings is 1. The van der Waals surface area contributed by atoms with E-state index in [2.05, 4.69) is 0 Å². The summed E-state index contributed by atoms with van der Waals surface area (Å²) in [5.41, 5.74) is 6.78. The minimum absolute atomic E-state index is 0.0263. The molecule has 4 rings (SSSR count). The quantitative estimate of drug-likeness (QED) is 0.511. The molecule has 0 aliphatic heterocycles. The van der Waals surface area contributed by atoms with Crippen molar-refractivity contribution in [2.75, 3.05) is 13.2 Å². The third-order valence-corrected chi connectivity index (χ3v) is 6.92. The zero-order valence-corrected chi connectivity index (χ0v) is 18.9. The van der Waals surface area contributed by atoms with Crippen LogP contribution in [0.25, 0.3) is 0 Å². The van der Waals surface area contributed by atoms with Crippen LogP contribution < -0.4 is 5.73 Å². The van der Waals surface area contributed by atoms with Crippen LogP contribution in [0.4, 0.5) is 0 Å². The number of fused-ring (bicyclic) bond motifs is 3. The van der Waals surface area contributed by atoms with E-state index in [4.69, 9.17) is 15.2 Å². The van der Waals surface area contributed by atoms with Gasteiger partial charge < -0.3 is 20.3 Å². The lowest BCUT2D eigenvalue weighted by Gasteiger charge is -2.45. The van der Waals surface area contributed by atoms with Gasteiger partial charge in [0.2, 0.25) is 5.78 Å². The number of carbonyl (C=O) groups excluding carboxylic acids is 4. The first-order valence-electron chi connectivity index (χ1n) is 11.0. The second-order valence-corrected chi connectivity index (χ2v) is 8.93. The molecule has 0 saturated carbocycles. The summed E-state index contributed by atoms with van der Waals surface area (Å²) in [6, 6.07) is 3.88. The van der Waals surface area contributed by atoms with Crippen molar-refractivity contribution in [3.8, 4) is 0 Å². The normalized spacial score (nSPS) is 26.1. The Kier molecular flexibility index (Phi) is 5.74. The first-order valence-corrected chi connectivity index (χ1v) is 11.0. The summed E-state index contributed by atoms with van der Waals surface area (Å²) in [5.74, 6) is -3.64. The van der Waals surface area contributed by atoms with Crippen molar-refractivity contribution in [3.05, 3.63) is 57.4 Å². The van der Waals surface area contributed by atoms with Crippen molar-refractivity contribution in [2.24, 2.45) is 17.6 Å². The Morgan fingerprint density at radius 3 is 2.55 bits per heavy atom. The standard InChI is InChI=1S/C25H27NO7/c1-4-32-19(27)11-33-18-9-15-7-14-8-16-12(2)5-6-13(3)20(16)22(28)17(14)10-25(15,31)23(29)21(18)24(26)30/h5-6,10,14-15,31H,4,7-9,11H2,1-3H3,(H2,26,30)/t14-,15+,25-/m1/s1. The number of primary amides is 1. The SMILES string of the molecule is CCOC(=O)COC1=C(C(N)=O)C(=O)[C@@]2(O)C=C3C(=O)c4c(C)ccc(C)c4C[C@H]3C[C@H]2C1. The summed E-state index contributed by atoms with van der Waals surface area (Å²) in [5, 5.41) is 11.4. The largest absolute Gasteiger partial charge is 0.485 e. The fraction of sp³-hybridized carbons (Fsp3) is 0.440. The molecule has 0 bridgehead atoms. The zero-order valence-electron chi connectivity index (χ0n) is 18.9. The fourth-order valence-corrected chi connectivity index (χ4v) is 5.28. The Hall–Kier alpha value is -3.26. The molecule has 0 saturated heterocycles. The van der Waals surface area contributed by atoms with Crippen molar-refractivity contribution in [2.45, 2.75) is 45.6 Å². The summed E-state index contributed by atoms with van der Waals surface area (Å²) in [7, 11) is 0. The lowest BCUT2D eigenvalue weighted by molar-refractivity contribution is -0.149. The minimum atomic E-state index is -2.04. The molecule has 1 aromatic carbocycles. The number of aryl methyl sites for hydroxylation is 2. The number of rotatable bonds is 5. The van der Waals surface area contributed by atoms with E-state index < -0.39 is 41.4 Å². The number of ketones is 2. The summed E-state index contributed by atoms with van der Waals surface area (Å²) in [4.78, 5) is 50.5. The van der Waals surface area contributed by atoms with Crippen LogP contribution >= 0.6 is 0 Å². The van der Waals surface area contributed by atoms with Crippen LogP contribution in [0.5, 0.6) is 0 Å². The van der Waals surface area contributed by atoms with Crippen molar-refractivity contribution in [1.82, 2.24) is 0 Å². The number of hydrogen-bond acceptors (Lipinski definition) is 7. The molecule has 1 amide bonds. The summed E-state index contributed by atoms with van der Waals surface area (Å²) >= 11 is 0. The molecule has 0 radical (unpaired) electrons. The Bertz CT molecular complexity index is 1150. The van der Waals surface area contributed by atoms with E-state index in [0.29, 0.717) is 24.0 Å². The molecule has 0 unspecified atom stereocenters. The van der Waals surface area contributed by atoms with Gasteiger partial charge in [0.05, 0.1) is 6.61 Å². The van der Waals surface area contributed by atoms with Crippen molar-refractivity contribution in [1.29, 1.82) is 0 Å². The number of aliphatic hydroxyl groups is 1. The van der Waals surface area contributed by atoms with Crippen LogP contribution in [0.15, 0.2) is 35.1 Å². The van der Waals surface area contributed by atoms with Gasteiger partial charge in [-0.25, -0.2) is 4.79 Å². The maximum absolute atomic E-state index is 13.4. The highest BCUT2D eigenvalue weighted by molar-refractivity contribution is 6.24. The van der Waals surface area contributed by atoms with Gasteiger partial charge in [-0.3, -0.25) is 14.4 Å². The summed E-state index contributed by atoms with van der Waals surface area (Å²) < 4.78 is 10.3. The Balaban J connectivity index is 1.73. The number of ether oxygens (including phenoxy) is 2. The van der Waals surface area contributed by atoms with E-state index in [1.165, 1.54) is 6.08 Å². The lowest BCUT2D eigenvalue weighted by atomic mass is 9.61. The molecule has 0 aromatic heterocycles. The number of Topliss-reactive ketones (excluding diaryl/α,β-unsaturated/α-hetero) is 2. The van der Waals surface area contributed by atoms with E-state index in [-0.39, 0.29) is 30.5 Å². The Morgan fingerprint density at radius 1 is 1.18 bits per heavy atom. The highest BCUT2D eigenvalue weighted by atomic mass is 16.6. The lowest BCUT2D eigenvalue weighted by Crippen LogP contribution is -2.54. The number of esters is 1. The molecule has 8 heteroatoms. The van der Waals surface area contributed by atoms with Crippen LogP contribution in [0, 0.1) is 25.7 Å². The van der Waals surface area contributed by atoms with Gasteiger partial charge in [0, 0.05) is 23.5 Å².